The number of aromatic nitrogens is 5. The molecule has 118 valence electrons. The third-order valence-electron chi connectivity index (χ3n) is 3.37. The smallest absolute Gasteiger partial charge is 0.271 e. The fourth-order valence-corrected chi connectivity index (χ4v) is 3.01. The van der Waals surface area contributed by atoms with Crippen LogP contribution >= 0.6 is 11.3 Å². The normalized spacial score (nSPS) is 10.8. The third-order valence-corrected chi connectivity index (χ3v) is 4.24. The van der Waals surface area contributed by atoms with Gasteiger partial charge in [-0.3, -0.25) is 14.8 Å². The van der Waals surface area contributed by atoms with E-state index in [2.05, 4.69) is 30.2 Å². The van der Waals surface area contributed by atoms with Crippen molar-refractivity contribution in [2.75, 3.05) is 0 Å². The van der Waals surface area contributed by atoms with Gasteiger partial charge in [-0.25, -0.2) is 9.97 Å². The third kappa shape index (κ3) is 2.86. The summed E-state index contributed by atoms with van der Waals surface area (Å²) in [7, 11) is 0. The van der Waals surface area contributed by atoms with E-state index < -0.39 is 0 Å². The highest BCUT2D eigenvalue weighted by molar-refractivity contribution is 7.13. The van der Waals surface area contributed by atoms with E-state index in [0.717, 1.165) is 11.0 Å². The molecule has 0 radical (unpaired) electrons. The maximum absolute atomic E-state index is 12.2. The van der Waals surface area contributed by atoms with Crippen molar-refractivity contribution in [1.29, 1.82) is 0 Å². The minimum atomic E-state index is -0.248. The number of aromatic amines is 1. The Bertz CT molecular complexity index is 961. The molecule has 4 aromatic rings. The number of rotatable bonds is 4. The van der Waals surface area contributed by atoms with Crippen LogP contribution in [0.4, 0.5) is 0 Å². The van der Waals surface area contributed by atoms with Gasteiger partial charge in [0.05, 0.1) is 23.8 Å². The second-order valence-electron chi connectivity index (χ2n) is 5.01. The molecule has 8 heteroatoms. The van der Waals surface area contributed by atoms with Crippen LogP contribution < -0.4 is 5.32 Å². The molecule has 0 fully saturated rings. The van der Waals surface area contributed by atoms with E-state index in [-0.39, 0.29) is 5.91 Å². The molecule has 0 saturated carbocycles. The van der Waals surface area contributed by atoms with Crippen molar-refractivity contribution in [1.82, 2.24) is 30.2 Å². The van der Waals surface area contributed by atoms with Crippen LogP contribution in [-0.4, -0.2) is 30.8 Å². The lowest BCUT2D eigenvalue weighted by Gasteiger charge is -1.99. The second-order valence-corrected chi connectivity index (χ2v) is 5.87. The fourth-order valence-electron chi connectivity index (χ4n) is 2.25. The van der Waals surface area contributed by atoms with E-state index in [1.807, 2.05) is 24.3 Å². The SMILES string of the molecule is O=C(NCc1nc2ccccc2[nH]1)c1csc(-c2cnccn2)n1. The molecule has 0 spiro atoms. The molecular weight excluding hydrogens is 324 g/mol. The zero-order valence-corrected chi connectivity index (χ0v) is 13.2. The van der Waals surface area contributed by atoms with E-state index >= 15 is 0 Å². The average molecular weight is 336 g/mol. The maximum atomic E-state index is 12.2. The summed E-state index contributed by atoms with van der Waals surface area (Å²) >= 11 is 1.36. The van der Waals surface area contributed by atoms with E-state index in [1.54, 1.807) is 24.0 Å². The molecule has 4 rings (SSSR count). The maximum Gasteiger partial charge on any atom is 0.271 e. The number of nitrogens with zero attached hydrogens (tertiary/aromatic N) is 4. The number of hydrogen-bond acceptors (Lipinski definition) is 6. The van der Waals surface area contributed by atoms with Crippen LogP contribution in [0.15, 0.2) is 48.2 Å². The van der Waals surface area contributed by atoms with Gasteiger partial charge in [-0.05, 0) is 12.1 Å². The van der Waals surface area contributed by atoms with Gasteiger partial charge >= 0.3 is 0 Å². The number of H-pyrrole nitrogens is 1. The van der Waals surface area contributed by atoms with Gasteiger partial charge in [-0.1, -0.05) is 12.1 Å². The van der Waals surface area contributed by atoms with Crippen LogP contribution in [0.2, 0.25) is 0 Å². The molecule has 24 heavy (non-hydrogen) atoms. The Balaban J connectivity index is 1.45. The summed E-state index contributed by atoms with van der Waals surface area (Å²) < 4.78 is 0. The molecule has 0 aliphatic heterocycles. The lowest BCUT2D eigenvalue weighted by atomic mass is 10.3. The number of amides is 1. The van der Waals surface area contributed by atoms with Crippen molar-refractivity contribution in [2.45, 2.75) is 6.54 Å². The first-order valence-corrected chi connectivity index (χ1v) is 8.11. The number of imidazole rings is 1. The van der Waals surface area contributed by atoms with Gasteiger partial charge < -0.3 is 10.3 Å². The minimum absolute atomic E-state index is 0.248. The summed E-state index contributed by atoms with van der Waals surface area (Å²) in [6, 6.07) is 7.73. The van der Waals surface area contributed by atoms with Gasteiger partial charge in [0, 0.05) is 17.8 Å². The van der Waals surface area contributed by atoms with E-state index in [1.165, 1.54) is 11.3 Å². The molecule has 0 saturated heterocycles. The molecule has 0 bridgehead atoms. The van der Waals surface area contributed by atoms with Gasteiger partial charge in [-0.15, -0.1) is 11.3 Å². The number of para-hydroxylation sites is 2. The first kappa shape index (κ1) is 14.5. The van der Waals surface area contributed by atoms with Crippen molar-refractivity contribution >= 4 is 28.3 Å². The quantitative estimate of drug-likeness (QED) is 0.596. The molecule has 7 nitrogen and oxygen atoms in total. The highest BCUT2D eigenvalue weighted by atomic mass is 32.1. The predicted molar refractivity (Wildman–Crippen MR) is 90.4 cm³/mol. The van der Waals surface area contributed by atoms with Crippen molar-refractivity contribution in [3.8, 4) is 10.7 Å². The van der Waals surface area contributed by atoms with Gasteiger partial charge in [0.1, 0.15) is 22.2 Å². The lowest BCUT2D eigenvalue weighted by molar-refractivity contribution is 0.0946. The molecule has 0 unspecified atom stereocenters. The Morgan fingerprint density at radius 1 is 1.21 bits per heavy atom. The Morgan fingerprint density at radius 3 is 2.96 bits per heavy atom. The van der Waals surface area contributed by atoms with E-state index in [4.69, 9.17) is 0 Å². The standard InChI is InChI=1S/C16H12N6OS/c23-15(13-9-24-16(22-13)12-7-17-5-6-18-12)19-8-14-20-10-3-1-2-4-11(10)21-14/h1-7,9H,8H2,(H,19,23)(H,20,21). The number of carbonyl (C=O) groups is 1. The highest BCUT2D eigenvalue weighted by Gasteiger charge is 2.13. The van der Waals surface area contributed by atoms with Crippen LogP contribution in [0.5, 0.6) is 0 Å². The van der Waals surface area contributed by atoms with Gasteiger partial charge in [0.25, 0.3) is 5.91 Å². The summed E-state index contributed by atoms with van der Waals surface area (Å²) in [5.74, 6) is 0.454. The monoisotopic (exact) mass is 336 g/mol. The van der Waals surface area contributed by atoms with Crippen molar-refractivity contribution in [3.63, 3.8) is 0 Å². The van der Waals surface area contributed by atoms with Gasteiger partial charge in [0.2, 0.25) is 0 Å². The summed E-state index contributed by atoms with van der Waals surface area (Å²) in [5, 5.41) is 5.19. The Morgan fingerprint density at radius 2 is 2.12 bits per heavy atom. The number of thiazole rings is 1. The average Bonchev–Trinajstić information content (AvgIpc) is 3.27. The van der Waals surface area contributed by atoms with Crippen LogP contribution in [0.25, 0.3) is 21.7 Å². The fraction of sp³-hybridized carbons (Fsp3) is 0.0625. The molecule has 3 aromatic heterocycles. The summed E-state index contributed by atoms with van der Waals surface area (Å²) in [5.41, 5.74) is 2.83. The summed E-state index contributed by atoms with van der Waals surface area (Å²) in [6.45, 7) is 0.311. The molecule has 3 heterocycles. The molecule has 0 aliphatic rings. The zero-order chi connectivity index (χ0) is 16.4. The molecule has 2 N–H and O–H groups in total. The van der Waals surface area contributed by atoms with Gasteiger partial charge in [-0.2, -0.15) is 0 Å². The molecule has 0 aliphatic carbocycles. The van der Waals surface area contributed by atoms with Crippen molar-refractivity contribution in [3.05, 3.63) is 59.8 Å². The topological polar surface area (TPSA) is 96.5 Å². The van der Waals surface area contributed by atoms with Crippen LogP contribution in [-0.2, 0) is 6.54 Å². The van der Waals surface area contributed by atoms with Crippen LogP contribution in [0.1, 0.15) is 16.3 Å². The van der Waals surface area contributed by atoms with Gasteiger partial charge in [0.15, 0.2) is 0 Å². The number of nitrogens with one attached hydrogen (secondary N) is 2. The first-order valence-electron chi connectivity index (χ1n) is 7.23. The first-order chi connectivity index (χ1) is 11.8. The molecular formula is C16H12N6OS. The second kappa shape index (κ2) is 6.17. The highest BCUT2D eigenvalue weighted by Crippen LogP contribution is 2.20. The lowest BCUT2D eigenvalue weighted by Crippen LogP contribution is -2.23. The summed E-state index contributed by atoms with van der Waals surface area (Å²) in [4.78, 5) is 32.3. The van der Waals surface area contributed by atoms with E-state index in [9.17, 15) is 4.79 Å². The number of hydrogen-bond donors (Lipinski definition) is 2. The Kier molecular flexibility index (Phi) is 3.72. The molecule has 1 amide bonds. The number of benzene rings is 1. The van der Waals surface area contributed by atoms with Crippen molar-refractivity contribution < 1.29 is 4.79 Å². The zero-order valence-electron chi connectivity index (χ0n) is 12.4. The molecule has 1 aromatic carbocycles. The van der Waals surface area contributed by atoms with E-state index in [0.29, 0.717) is 28.8 Å². The summed E-state index contributed by atoms with van der Waals surface area (Å²) in [6.07, 6.45) is 4.81. The molecule has 0 atom stereocenters. The largest absolute Gasteiger partial charge is 0.343 e. The van der Waals surface area contributed by atoms with Crippen molar-refractivity contribution in [2.24, 2.45) is 0 Å². The number of carbonyl (C=O) groups excluding carboxylic acids is 1. The predicted octanol–water partition coefficient (Wildman–Crippen LogP) is 2.41. The Labute approximate surface area is 140 Å². The van der Waals surface area contributed by atoms with Crippen LogP contribution in [0, 0.1) is 0 Å². The number of fused-ring (bicyclic) bond motifs is 1. The van der Waals surface area contributed by atoms with Crippen LogP contribution in [0.3, 0.4) is 0 Å². The Hall–Kier alpha value is -3.13. The minimum Gasteiger partial charge on any atom is -0.343 e.